The van der Waals surface area contributed by atoms with Crippen LogP contribution in [0, 0.1) is 11.8 Å². The van der Waals surface area contributed by atoms with E-state index in [1.807, 2.05) is 0 Å². The third-order valence-electron chi connectivity index (χ3n) is 4.37. The Morgan fingerprint density at radius 1 is 0.875 bits per heavy atom. The number of thioether (sulfide) groups is 1. The van der Waals surface area contributed by atoms with Crippen LogP contribution in [-0.4, -0.2) is 21.7 Å². The van der Waals surface area contributed by atoms with Gasteiger partial charge in [0, 0.05) is 10.5 Å². The van der Waals surface area contributed by atoms with E-state index in [1.54, 1.807) is 0 Å². The standard InChI is InChI=1S/C14H26OS/c1-10-8-13(9-11(2)14(10)15)16-12-6-4-3-5-7-12/h10-15H,3-9H2,1-2H3. The minimum atomic E-state index is -0.0526. The summed E-state index contributed by atoms with van der Waals surface area (Å²) in [6, 6.07) is 0. The van der Waals surface area contributed by atoms with Crippen molar-refractivity contribution >= 4 is 11.8 Å². The lowest BCUT2D eigenvalue weighted by atomic mass is 9.80. The van der Waals surface area contributed by atoms with Crippen LogP contribution in [0.1, 0.15) is 58.8 Å². The van der Waals surface area contributed by atoms with Gasteiger partial charge in [0.2, 0.25) is 0 Å². The minimum Gasteiger partial charge on any atom is -0.393 e. The molecular formula is C14H26OS. The summed E-state index contributed by atoms with van der Waals surface area (Å²) >= 11 is 2.24. The Bertz CT molecular complexity index is 201. The quantitative estimate of drug-likeness (QED) is 0.794. The molecule has 0 aromatic rings. The van der Waals surface area contributed by atoms with Crippen LogP contribution in [0.3, 0.4) is 0 Å². The van der Waals surface area contributed by atoms with Gasteiger partial charge in [0.25, 0.3) is 0 Å². The normalized spacial score (nSPS) is 42.2. The van der Waals surface area contributed by atoms with Crippen LogP contribution < -0.4 is 0 Å². The van der Waals surface area contributed by atoms with Gasteiger partial charge >= 0.3 is 0 Å². The fourth-order valence-corrected chi connectivity index (χ4v) is 5.33. The Balaban J connectivity index is 1.81. The fourth-order valence-electron chi connectivity index (χ4n) is 3.35. The SMILES string of the molecule is CC1CC(SC2CCCCC2)CC(C)C1O. The van der Waals surface area contributed by atoms with Gasteiger partial charge in [-0.05, 0) is 37.5 Å². The van der Waals surface area contributed by atoms with E-state index >= 15 is 0 Å². The van der Waals surface area contributed by atoms with Crippen LogP contribution in [-0.2, 0) is 0 Å². The summed E-state index contributed by atoms with van der Waals surface area (Å²) in [5.41, 5.74) is 0. The number of hydrogen-bond donors (Lipinski definition) is 1. The van der Waals surface area contributed by atoms with E-state index < -0.39 is 0 Å². The Kier molecular flexibility index (Phi) is 4.60. The van der Waals surface area contributed by atoms with E-state index in [0.717, 1.165) is 10.5 Å². The van der Waals surface area contributed by atoms with Gasteiger partial charge in [-0.15, -0.1) is 0 Å². The zero-order valence-corrected chi connectivity index (χ0v) is 11.5. The molecule has 0 amide bonds. The number of hydrogen-bond acceptors (Lipinski definition) is 2. The Morgan fingerprint density at radius 3 is 2.00 bits per heavy atom. The first-order valence-corrected chi connectivity index (χ1v) is 7.94. The van der Waals surface area contributed by atoms with Gasteiger partial charge in [-0.2, -0.15) is 11.8 Å². The highest BCUT2D eigenvalue weighted by molar-refractivity contribution is 8.00. The average Bonchev–Trinajstić information content (AvgIpc) is 2.27. The third-order valence-corrected chi connectivity index (χ3v) is 6.00. The number of rotatable bonds is 2. The molecule has 2 unspecified atom stereocenters. The van der Waals surface area contributed by atoms with Gasteiger partial charge in [-0.1, -0.05) is 33.1 Å². The molecule has 0 radical (unpaired) electrons. The molecule has 0 bridgehead atoms. The van der Waals surface area contributed by atoms with Crippen molar-refractivity contribution < 1.29 is 5.11 Å². The van der Waals surface area contributed by atoms with Gasteiger partial charge in [0.1, 0.15) is 0 Å². The lowest BCUT2D eigenvalue weighted by Gasteiger charge is -2.37. The third kappa shape index (κ3) is 3.16. The molecule has 0 saturated heterocycles. The molecule has 0 aliphatic heterocycles. The summed E-state index contributed by atoms with van der Waals surface area (Å²) in [6.07, 6.45) is 9.62. The molecule has 2 rings (SSSR count). The first kappa shape index (κ1) is 12.8. The summed E-state index contributed by atoms with van der Waals surface area (Å²) < 4.78 is 0. The smallest absolute Gasteiger partial charge is 0.0592 e. The first-order valence-electron chi connectivity index (χ1n) is 7.00. The predicted molar refractivity (Wildman–Crippen MR) is 71.8 cm³/mol. The zero-order chi connectivity index (χ0) is 11.5. The molecule has 2 fully saturated rings. The van der Waals surface area contributed by atoms with Crippen LogP contribution in [0.15, 0.2) is 0 Å². The van der Waals surface area contributed by atoms with Crippen molar-refractivity contribution in [2.24, 2.45) is 11.8 Å². The molecular weight excluding hydrogens is 216 g/mol. The van der Waals surface area contributed by atoms with Crippen LogP contribution in [0.2, 0.25) is 0 Å². The predicted octanol–water partition coefficient (Wildman–Crippen LogP) is 3.85. The van der Waals surface area contributed by atoms with E-state index in [4.69, 9.17) is 0 Å². The van der Waals surface area contributed by atoms with Gasteiger partial charge < -0.3 is 5.11 Å². The van der Waals surface area contributed by atoms with Gasteiger partial charge in [0.05, 0.1) is 6.10 Å². The van der Waals surface area contributed by atoms with Crippen LogP contribution in [0.4, 0.5) is 0 Å². The van der Waals surface area contributed by atoms with E-state index in [1.165, 1.54) is 44.9 Å². The lowest BCUT2D eigenvalue weighted by molar-refractivity contribution is 0.0357. The largest absolute Gasteiger partial charge is 0.393 e. The molecule has 0 aromatic carbocycles. The van der Waals surface area contributed by atoms with E-state index in [-0.39, 0.29) is 6.10 Å². The fraction of sp³-hybridized carbons (Fsp3) is 1.00. The van der Waals surface area contributed by atoms with Crippen molar-refractivity contribution in [3.63, 3.8) is 0 Å². The van der Waals surface area contributed by atoms with Gasteiger partial charge in [0.15, 0.2) is 0 Å². The Hall–Kier alpha value is 0.310. The highest BCUT2D eigenvalue weighted by Crippen LogP contribution is 2.40. The minimum absolute atomic E-state index is 0.0526. The summed E-state index contributed by atoms with van der Waals surface area (Å²) in [6.45, 7) is 4.43. The highest BCUT2D eigenvalue weighted by atomic mass is 32.2. The van der Waals surface area contributed by atoms with Gasteiger partial charge in [-0.3, -0.25) is 0 Å². The monoisotopic (exact) mass is 242 g/mol. The maximum Gasteiger partial charge on any atom is 0.0592 e. The Morgan fingerprint density at radius 2 is 1.44 bits per heavy atom. The molecule has 2 aliphatic rings. The van der Waals surface area contributed by atoms with E-state index in [2.05, 4.69) is 25.6 Å². The topological polar surface area (TPSA) is 20.2 Å². The summed E-state index contributed by atoms with van der Waals surface area (Å²) in [7, 11) is 0. The zero-order valence-electron chi connectivity index (χ0n) is 10.7. The van der Waals surface area contributed by atoms with Crippen molar-refractivity contribution in [2.75, 3.05) is 0 Å². The first-order chi connectivity index (χ1) is 7.66. The number of aliphatic hydroxyl groups excluding tert-OH is 1. The van der Waals surface area contributed by atoms with Crippen molar-refractivity contribution in [1.82, 2.24) is 0 Å². The van der Waals surface area contributed by atoms with Crippen molar-refractivity contribution in [3.05, 3.63) is 0 Å². The van der Waals surface area contributed by atoms with Crippen molar-refractivity contribution in [1.29, 1.82) is 0 Å². The second kappa shape index (κ2) is 5.77. The van der Waals surface area contributed by atoms with Crippen LogP contribution in [0.5, 0.6) is 0 Å². The molecule has 2 atom stereocenters. The van der Waals surface area contributed by atoms with Crippen LogP contribution in [0.25, 0.3) is 0 Å². The molecule has 94 valence electrons. The summed E-state index contributed by atoms with van der Waals surface area (Å²) in [4.78, 5) is 0. The second-order valence-corrected chi connectivity index (χ2v) is 7.54. The van der Waals surface area contributed by atoms with E-state index in [0.29, 0.717) is 11.8 Å². The molecule has 0 spiro atoms. The molecule has 1 nitrogen and oxygen atoms in total. The molecule has 0 heterocycles. The summed E-state index contributed by atoms with van der Waals surface area (Å²) in [5.74, 6) is 1.01. The van der Waals surface area contributed by atoms with Crippen molar-refractivity contribution in [3.8, 4) is 0 Å². The maximum absolute atomic E-state index is 9.96. The molecule has 0 aromatic heterocycles. The Labute approximate surface area is 104 Å². The average molecular weight is 242 g/mol. The van der Waals surface area contributed by atoms with Crippen LogP contribution >= 0.6 is 11.8 Å². The highest BCUT2D eigenvalue weighted by Gasteiger charge is 2.33. The maximum atomic E-state index is 9.96. The number of aliphatic hydroxyl groups is 1. The van der Waals surface area contributed by atoms with E-state index in [9.17, 15) is 5.11 Å². The molecule has 2 aliphatic carbocycles. The molecule has 2 saturated carbocycles. The second-order valence-electron chi connectivity index (χ2n) is 5.93. The molecule has 16 heavy (non-hydrogen) atoms. The molecule has 2 heteroatoms. The molecule has 1 N–H and O–H groups in total. The van der Waals surface area contributed by atoms with Crippen molar-refractivity contribution in [2.45, 2.75) is 75.4 Å². The van der Waals surface area contributed by atoms with Gasteiger partial charge in [-0.25, -0.2) is 0 Å². The summed E-state index contributed by atoms with van der Waals surface area (Å²) in [5, 5.41) is 11.7. The lowest BCUT2D eigenvalue weighted by Crippen LogP contribution is -2.36.